The van der Waals surface area contributed by atoms with Crippen LogP contribution in [0.15, 0.2) is 57.8 Å². The van der Waals surface area contributed by atoms with E-state index in [1.165, 1.54) is 11.8 Å². The summed E-state index contributed by atoms with van der Waals surface area (Å²) in [5.41, 5.74) is 1.20. The Morgan fingerprint density at radius 1 is 1.29 bits per heavy atom. The van der Waals surface area contributed by atoms with Crippen molar-refractivity contribution in [2.75, 3.05) is 26.0 Å². The van der Waals surface area contributed by atoms with E-state index in [1.807, 2.05) is 47.7 Å². The number of thioether (sulfide) groups is 1. The molecule has 174 valence electrons. The van der Waals surface area contributed by atoms with E-state index in [0.29, 0.717) is 28.1 Å². The largest absolute Gasteiger partial charge is 0.497 e. The van der Waals surface area contributed by atoms with Gasteiger partial charge in [-0.2, -0.15) is 11.3 Å². The summed E-state index contributed by atoms with van der Waals surface area (Å²) in [6.45, 7) is 0.749. The number of carbonyl (C=O) groups excluding carboxylic acids is 2. The number of benzene rings is 1. The molecule has 2 fully saturated rings. The van der Waals surface area contributed by atoms with E-state index < -0.39 is 10.3 Å². The molecule has 3 unspecified atom stereocenters. The molecular weight excluding hydrogens is 490 g/mol. The van der Waals surface area contributed by atoms with Crippen molar-refractivity contribution in [3.8, 4) is 5.75 Å². The van der Waals surface area contributed by atoms with Gasteiger partial charge in [0.25, 0.3) is 5.91 Å². The molecular formula is C24H21N3O4S3. The van der Waals surface area contributed by atoms with Crippen molar-refractivity contribution in [3.63, 3.8) is 0 Å². The fourth-order valence-electron chi connectivity index (χ4n) is 5.69. The molecule has 0 bridgehead atoms. The van der Waals surface area contributed by atoms with Gasteiger partial charge in [-0.05, 0) is 59.8 Å². The van der Waals surface area contributed by atoms with Gasteiger partial charge in [0.1, 0.15) is 20.6 Å². The maximum absolute atomic E-state index is 14.5. The number of amides is 2. The zero-order chi connectivity index (χ0) is 23.7. The first kappa shape index (κ1) is 21.8. The van der Waals surface area contributed by atoms with Gasteiger partial charge in [0.2, 0.25) is 5.91 Å². The number of thiophene rings is 1. The topological polar surface area (TPSA) is 75.0 Å². The molecule has 5 heterocycles. The predicted molar refractivity (Wildman–Crippen MR) is 135 cm³/mol. The quantitative estimate of drug-likeness (QED) is 0.530. The lowest BCUT2D eigenvalue weighted by molar-refractivity contribution is -0.138. The molecule has 2 amide bonds. The third kappa shape index (κ3) is 2.65. The number of furan rings is 1. The average Bonchev–Trinajstić information content (AvgIpc) is 3.63. The summed E-state index contributed by atoms with van der Waals surface area (Å²) < 4.78 is 10.3. The molecule has 2 spiro atoms. The molecule has 3 atom stereocenters. The summed E-state index contributed by atoms with van der Waals surface area (Å²) in [4.78, 5) is 32.1. The molecule has 6 rings (SSSR count). The number of hydrogen-bond acceptors (Lipinski definition) is 8. The van der Waals surface area contributed by atoms with Crippen LogP contribution >= 0.6 is 35.3 Å². The summed E-state index contributed by atoms with van der Waals surface area (Å²) in [7, 11) is 3.50. The van der Waals surface area contributed by atoms with E-state index >= 15 is 0 Å². The molecule has 0 radical (unpaired) electrons. The molecule has 1 N–H and O–H groups in total. The first-order valence-electron chi connectivity index (χ1n) is 10.7. The zero-order valence-electron chi connectivity index (χ0n) is 18.4. The Balaban J connectivity index is 1.59. The second kappa shape index (κ2) is 7.67. The van der Waals surface area contributed by atoms with Gasteiger partial charge >= 0.3 is 0 Å². The van der Waals surface area contributed by atoms with E-state index in [1.54, 1.807) is 35.7 Å². The fourth-order valence-corrected chi connectivity index (χ4v) is 8.54. The minimum atomic E-state index is -1.26. The van der Waals surface area contributed by atoms with Gasteiger partial charge in [-0.15, -0.1) is 0 Å². The van der Waals surface area contributed by atoms with Crippen LogP contribution < -0.4 is 10.1 Å². The van der Waals surface area contributed by atoms with Crippen LogP contribution in [0.5, 0.6) is 5.75 Å². The number of ether oxygens (including phenoxy) is 1. The molecule has 2 aromatic heterocycles. The highest BCUT2D eigenvalue weighted by Gasteiger charge is 2.77. The van der Waals surface area contributed by atoms with E-state index in [0.717, 1.165) is 11.1 Å². The highest BCUT2D eigenvalue weighted by Crippen LogP contribution is 2.66. The molecule has 0 aliphatic carbocycles. The summed E-state index contributed by atoms with van der Waals surface area (Å²) >= 11 is 8.69. The van der Waals surface area contributed by atoms with Crippen LogP contribution in [0.2, 0.25) is 0 Å². The predicted octanol–water partition coefficient (Wildman–Crippen LogP) is 4.03. The Bertz CT molecular complexity index is 1310. The summed E-state index contributed by atoms with van der Waals surface area (Å²) in [6, 6.07) is 11.2. The molecule has 2 saturated heterocycles. The molecule has 3 aromatic rings. The maximum Gasteiger partial charge on any atom is 0.251 e. The number of likely N-dealkylation sites (N-methyl/N-ethyl adjacent to an activating group) is 1. The lowest BCUT2D eigenvalue weighted by Gasteiger charge is -2.41. The average molecular weight is 512 g/mol. The number of hydrogen-bond donors (Lipinski definition) is 1. The number of nitrogens with zero attached hydrogens (tertiary/aromatic N) is 2. The van der Waals surface area contributed by atoms with Crippen molar-refractivity contribution in [3.05, 3.63) is 70.3 Å². The van der Waals surface area contributed by atoms with Crippen molar-refractivity contribution in [1.29, 1.82) is 0 Å². The van der Waals surface area contributed by atoms with E-state index in [4.69, 9.17) is 21.4 Å². The Hall–Kier alpha value is -2.66. The summed E-state index contributed by atoms with van der Waals surface area (Å²) in [5.74, 6) is 0.620. The van der Waals surface area contributed by atoms with Gasteiger partial charge < -0.3 is 14.5 Å². The molecule has 3 aliphatic rings. The molecule has 1 aromatic carbocycles. The maximum atomic E-state index is 14.5. The number of nitrogens with one attached hydrogen (secondary N) is 1. The van der Waals surface area contributed by atoms with Crippen LogP contribution in [0.1, 0.15) is 22.8 Å². The van der Waals surface area contributed by atoms with Gasteiger partial charge in [0.15, 0.2) is 5.54 Å². The van der Waals surface area contributed by atoms with Crippen molar-refractivity contribution in [2.24, 2.45) is 0 Å². The first-order valence-corrected chi connectivity index (χ1v) is 12.9. The molecule has 34 heavy (non-hydrogen) atoms. The van der Waals surface area contributed by atoms with Crippen LogP contribution in [0.4, 0.5) is 5.69 Å². The third-order valence-electron chi connectivity index (χ3n) is 7.12. The minimum absolute atomic E-state index is 0.176. The Morgan fingerprint density at radius 2 is 2.15 bits per heavy atom. The highest BCUT2D eigenvalue weighted by molar-refractivity contribution is 8.25. The lowest BCUT2D eigenvalue weighted by Crippen LogP contribution is -2.61. The Labute approximate surface area is 210 Å². The van der Waals surface area contributed by atoms with Crippen LogP contribution in [0, 0.1) is 0 Å². The number of methoxy groups -OCH3 is 1. The minimum Gasteiger partial charge on any atom is -0.497 e. The van der Waals surface area contributed by atoms with Gasteiger partial charge in [-0.25, -0.2) is 0 Å². The smallest absolute Gasteiger partial charge is 0.251 e. The molecule has 3 aliphatic heterocycles. The number of anilines is 1. The van der Waals surface area contributed by atoms with E-state index in [-0.39, 0.29) is 24.3 Å². The molecule has 0 saturated carbocycles. The van der Waals surface area contributed by atoms with Gasteiger partial charge in [-0.3, -0.25) is 19.4 Å². The fraction of sp³-hybridized carbons (Fsp3) is 0.292. The van der Waals surface area contributed by atoms with Crippen LogP contribution in [0.3, 0.4) is 0 Å². The number of rotatable bonds is 4. The monoisotopic (exact) mass is 511 g/mol. The van der Waals surface area contributed by atoms with Crippen molar-refractivity contribution in [1.82, 2.24) is 9.80 Å². The lowest BCUT2D eigenvalue weighted by atomic mass is 9.72. The van der Waals surface area contributed by atoms with Crippen LogP contribution in [-0.2, 0) is 21.7 Å². The van der Waals surface area contributed by atoms with E-state index in [2.05, 4.69) is 10.7 Å². The molecule has 7 nitrogen and oxygen atoms in total. The number of thiocarbonyl (C=S) groups is 1. The number of likely N-dealkylation sites (tertiary alicyclic amines) is 1. The second-order valence-electron chi connectivity index (χ2n) is 8.64. The standard InChI is InChI=1S/C24H21N3O4S3/c1-26-12-18(14-7-9-33-13-14)24(21(29)27(22(32)34-24)11-16-4-3-8-31-16)23(26)17-10-15(30-2)5-6-19(17)25-20(23)28/h3-10,13,18H,11-12H2,1-2H3,(H,25,28). The van der Waals surface area contributed by atoms with Crippen molar-refractivity contribution in [2.45, 2.75) is 22.7 Å². The number of fused-ring (bicyclic) bond motifs is 3. The van der Waals surface area contributed by atoms with Gasteiger partial charge in [0, 0.05) is 23.7 Å². The SMILES string of the molecule is COc1ccc2c(c1)C1(C(=O)N2)N(C)CC(c2ccsc2)C12SC(=S)N(Cc1ccco1)C2=O. The molecule has 10 heteroatoms. The van der Waals surface area contributed by atoms with Crippen molar-refractivity contribution >= 4 is 57.1 Å². The Morgan fingerprint density at radius 3 is 2.85 bits per heavy atom. The zero-order valence-corrected chi connectivity index (χ0v) is 20.9. The highest BCUT2D eigenvalue weighted by atomic mass is 32.2. The van der Waals surface area contributed by atoms with E-state index in [9.17, 15) is 9.59 Å². The Kier molecular flexibility index (Phi) is 4.93. The second-order valence-corrected chi connectivity index (χ2v) is 11.3. The number of carbonyl (C=O) groups is 2. The van der Waals surface area contributed by atoms with Crippen LogP contribution in [0.25, 0.3) is 0 Å². The van der Waals surface area contributed by atoms with Gasteiger partial charge in [-0.1, -0.05) is 24.0 Å². The normalized spacial score (nSPS) is 28.4. The summed E-state index contributed by atoms with van der Waals surface area (Å²) in [6.07, 6.45) is 1.58. The third-order valence-corrected chi connectivity index (χ3v) is 9.77. The summed E-state index contributed by atoms with van der Waals surface area (Å²) in [5, 5.41) is 7.11. The van der Waals surface area contributed by atoms with Crippen molar-refractivity contribution < 1.29 is 18.7 Å². The van der Waals surface area contributed by atoms with Gasteiger partial charge in [0.05, 0.1) is 19.9 Å². The van der Waals surface area contributed by atoms with Crippen LogP contribution in [-0.4, -0.2) is 51.4 Å². The first-order chi connectivity index (χ1) is 16.4.